The monoisotopic (exact) mass is 183 g/mol. The SMILES string of the molecule is N#Cc1cc(C(F)F)cc(CN)n1. The Hall–Kier alpha value is -1.54. The Balaban J connectivity index is 3.17. The van der Waals surface area contributed by atoms with Crippen LogP contribution >= 0.6 is 0 Å². The second kappa shape index (κ2) is 3.92. The number of aromatic nitrogens is 1. The molecule has 3 nitrogen and oxygen atoms in total. The summed E-state index contributed by atoms with van der Waals surface area (Å²) in [7, 11) is 0. The standard InChI is InChI=1S/C8H7F2N3/c9-8(10)5-1-6(3-11)13-7(2-5)4-12/h1-2,8H,3,11H2. The van der Waals surface area contributed by atoms with Crippen molar-refractivity contribution in [1.82, 2.24) is 4.98 Å². The van der Waals surface area contributed by atoms with Crippen molar-refractivity contribution in [2.75, 3.05) is 0 Å². The lowest BCUT2D eigenvalue weighted by Gasteiger charge is -2.02. The average molecular weight is 183 g/mol. The molecule has 0 radical (unpaired) electrons. The number of halogens is 2. The summed E-state index contributed by atoms with van der Waals surface area (Å²) < 4.78 is 24.4. The van der Waals surface area contributed by atoms with Crippen LogP contribution in [0.15, 0.2) is 12.1 Å². The van der Waals surface area contributed by atoms with Gasteiger partial charge in [0.25, 0.3) is 6.43 Å². The van der Waals surface area contributed by atoms with Crippen molar-refractivity contribution in [2.24, 2.45) is 5.73 Å². The van der Waals surface area contributed by atoms with Gasteiger partial charge in [0.2, 0.25) is 0 Å². The smallest absolute Gasteiger partial charge is 0.264 e. The van der Waals surface area contributed by atoms with Crippen LogP contribution in [0.3, 0.4) is 0 Å². The van der Waals surface area contributed by atoms with Crippen LogP contribution in [0.25, 0.3) is 0 Å². The van der Waals surface area contributed by atoms with Gasteiger partial charge < -0.3 is 5.73 Å². The number of hydrogen-bond donors (Lipinski definition) is 1. The van der Waals surface area contributed by atoms with E-state index in [1.165, 1.54) is 6.07 Å². The van der Waals surface area contributed by atoms with E-state index in [0.717, 1.165) is 6.07 Å². The van der Waals surface area contributed by atoms with Crippen LogP contribution < -0.4 is 5.73 Å². The first-order valence-electron chi connectivity index (χ1n) is 3.56. The van der Waals surface area contributed by atoms with E-state index in [4.69, 9.17) is 11.0 Å². The van der Waals surface area contributed by atoms with Crippen molar-refractivity contribution < 1.29 is 8.78 Å². The van der Waals surface area contributed by atoms with Crippen molar-refractivity contribution in [3.8, 4) is 6.07 Å². The zero-order valence-electron chi connectivity index (χ0n) is 6.67. The summed E-state index contributed by atoms with van der Waals surface area (Å²) >= 11 is 0. The van der Waals surface area contributed by atoms with E-state index >= 15 is 0 Å². The molecule has 5 heteroatoms. The molecule has 0 unspecified atom stereocenters. The summed E-state index contributed by atoms with van der Waals surface area (Å²) in [4.78, 5) is 3.73. The quantitative estimate of drug-likeness (QED) is 0.752. The highest BCUT2D eigenvalue weighted by atomic mass is 19.3. The first-order chi connectivity index (χ1) is 6.17. The van der Waals surface area contributed by atoms with Crippen molar-refractivity contribution in [2.45, 2.75) is 13.0 Å². The second-order valence-corrected chi connectivity index (χ2v) is 2.39. The van der Waals surface area contributed by atoms with Crippen molar-refractivity contribution >= 4 is 0 Å². The molecule has 0 atom stereocenters. The van der Waals surface area contributed by atoms with Crippen LogP contribution in [0.4, 0.5) is 8.78 Å². The molecule has 13 heavy (non-hydrogen) atoms. The summed E-state index contributed by atoms with van der Waals surface area (Å²) in [6.07, 6.45) is -2.60. The maximum atomic E-state index is 12.2. The molecular weight excluding hydrogens is 176 g/mol. The summed E-state index contributed by atoms with van der Waals surface area (Å²) in [5.41, 5.74) is 5.28. The Kier molecular flexibility index (Phi) is 2.88. The Morgan fingerprint density at radius 3 is 2.69 bits per heavy atom. The first kappa shape index (κ1) is 9.55. The molecule has 0 aliphatic rings. The Morgan fingerprint density at radius 2 is 2.23 bits per heavy atom. The van der Waals surface area contributed by atoms with Gasteiger partial charge in [0, 0.05) is 12.1 Å². The zero-order chi connectivity index (χ0) is 9.84. The molecule has 68 valence electrons. The highest BCUT2D eigenvalue weighted by molar-refractivity contribution is 5.29. The molecule has 1 aromatic heterocycles. The minimum Gasteiger partial charge on any atom is -0.325 e. The highest BCUT2D eigenvalue weighted by Gasteiger charge is 2.09. The number of nitriles is 1. The second-order valence-electron chi connectivity index (χ2n) is 2.39. The first-order valence-corrected chi connectivity index (χ1v) is 3.56. The Bertz CT molecular complexity index is 344. The normalized spacial score (nSPS) is 10.1. The highest BCUT2D eigenvalue weighted by Crippen LogP contribution is 2.19. The summed E-state index contributed by atoms with van der Waals surface area (Å²) in [6, 6.07) is 3.96. The van der Waals surface area contributed by atoms with E-state index in [1.807, 2.05) is 0 Å². The molecule has 0 aliphatic carbocycles. The minimum atomic E-state index is -2.60. The van der Waals surface area contributed by atoms with Gasteiger partial charge in [0.05, 0.1) is 5.69 Å². The number of rotatable bonds is 2. The number of pyridine rings is 1. The molecule has 0 amide bonds. The lowest BCUT2D eigenvalue weighted by molar-refractivity contribution is 0.151. The van der Waals surface area contributed by atoms with Crippen LogP contribution in [0.1, 0.15) is 23.4 Å². The zero-order valence-corrected chi connectivity index (χ0v) is 6.67. The molecule has 0 saturated heterocycles. The lowest BCUT2D eigenvalue weighted by atomic mass is 10.2. The molecule has 1 heterocycles. The van der Waals surface area contributed by atoms with Crippen molar-refractivity contribution in [1.29, 1.82) is 5.26 Å². The molecule has 0 fully saturated rings. The summed E-state index contributed by atoms with van der Waals surface area (Å²) in [5, 5.41) is 8.47. The topological polar surface area (TPSA) is 62.7 Å². The number of alkyl halides is 2. The number of nitrogens with zero attached hydrogens (tertiary/aromatic N) is 2. The largest absolute Gasteiger partial charge is 0.325 e. The molecule has 0 bridgehead atoms. The molecular formula is C8H7F2N3. The van der Waals surface area contributed by atoms with Crippen LogP contribution in [-0.2, 0) is 6.54 Å². The fraction of sp³-hybridized carbons (Fsp3) is 0.250. The van der Waals surface area contributed by atoms with E-state index in [2.05, 4.69) is 4.98 Å². The van der Waals surface area contributed by atoms with Gasteiger partial charge in [-0.15, -0.1) is 0 Å². The maximum absolute atomic E-state index is 12.2. The van der Waals surface area contributed by atoms with Gasteiger partial charge in [-0.05, 0) is 12.1 Å². The van der Waals surface area contributed by atoms with E-state index in [0.29, 0.717) is 5.69 Å². The van der Waals surface area contributed by atoms with Gasteiger partial charge in [0.1, 0.15) is 11.8 Å². The third-order valence-electron chi connectivity index (χ3n) is 1.48. The van der Waals surface area contributed by atoms with Gasteiger partial charge in [-0.25, -0.2) is 13.8 Å². The van der Waals surface area contributed by atoms with Crippen LogP contribution in [0.5, 0.6) is 0 Å². The minimum absolute atomic E-state index is 0.0294. The van der Waals surface area contributed by atoms with Crippen molar-refractivity contribution in [3.05, 3.63) is 29.1 Å². The van der Waals surface area contributed by atoms with Crippen LogP contribution in [0, 0.1) is 11.3 Å². The Morgan fingerprint density at radius 1 is 1.54 bits per heavy atom. The van der Waals surface area contributed by atoms with Gasteiger partial charge in [0.15, 0.2) is 0 Å². The molecule has 0 aromatic carbocycles. The van der Waals surface area contributed by atoms with Gasteiger partial charge in [-0.3, -0.25) is 0 Å². The molecule has 1 rings (SSSR count). The predicted octanol–water partition coefficient (Wildman–Crippen LogP) is 1.35. The third-order valence-corrected chi connectivity index (χ3v) is 1.48. The van der Waals surface area contributed by atoms with Crippen molar-refractivity contribution in [3.63, 3.8) is 0 Å². The summed E-state index contributed by atoms with van der Waals surface area (Å²) in [6.45, 7) is 0.0508. The number of nitrogens with two attached hydrogens (primary N) is 1. The molecule has 0 saturated carbocycles. The lowest BCUT2D eigenvalue weighted by Crippen LogP contribution is -2.02. The van der Waals surface area contributed by atoms with E-state index in [-0.39, 0.29) is 17.8 Å². The van der Waals surface area contributed by atoms with Gasteiger partial charge in [-0.2, -0.15) is 5.26 Å². The molecule has 0 aliphatic heterocycles. The van der Waals surface area contributed by atoms with E-state index in [9.17, 15) is 8.78 Å². The predicted molar refractivity (Wildman–Crippen MR) is 41.8 cm³/mol. The number of hydrogen-bond acceptors (Lipinski definition) is 3. The van der Waals surface area contributed by atoms with Gasteiger partial charge in [-0.1, -0.05) is 0 Å². The summed E-state index contributed by atoms with van der Waals surface area (Å²) in [5.74, 6) is 0. The molecule has 0 spiro atoms. The third kappa shape index (κ3) is 2.20. The fourth-order valence-corrected chi connectivity index (χ4v) is 0.899. The van der Waals surface area contributed by atoms with Gasteiger partial charge >= 0.3 is 0 Å². The van der Waals surface area contributed by atoms with Crippen LogP contribution in [-0.4, -0.2) is 4.98 Å². The molecule has 2 N–H and O–H groups in total. The van der Waals surface area contributed by atoms with E-state index < -0.39 is 6.43 Å². The van der Waals surface area contributed by atoms with E-state index in [1.54, 1.807) is 6.07 Å². The Labute approximate surface area is 73.8 Å². The fourth-order valence-electron chi connectivity index (χ4n) is 0.899. The van der Waals surface area contributed by atoms with Crippen LogP contribution in [0.2, 0.25) is 0 Å². The molecule has 1 aromatic rings. The average Bonchev–Trinajstić information content (AvgIpc) is 2.16. The maximum Gasteiger partial charge on any atom is 0.264 e.